The van der Waals surface area contributed by atoms with E-state index in [-0.39, 0.29) is 69.1 Å². The Balaban J connectivity index is 0.00000194. The predicted octanol–water partition coefficient (Wildman–Crippen LogP) is 3.80. The van der Waals surface area contributed by atoms with Gasteiger partial charge in [0.1, 0.15) is 6.04 Å². The van der Waals surface area contributed by atoms with E-state index in [1.165, 1.54) is 4.90 Å². The first-order valence-corrected chi connectivity index (χ1v) is 18.7. The van der Waals surface area contributed by atoms with Crippen LogP contribution in [0.5, 0.6) is 0 Å². The summed E-state index contributed by atoms with van der Waals surface area (Å²) in [6.07, 6.45) is -0.412. The molecule has 274 valence electrons. The molecule has 17 heteroatoms. The summed E-state index contributed by atoms with van der Waals surface area (Å²) >= 11 is 0. The van der Waals surface area contributed by atoms with Crippen LogP contribution in [-0.4, -0.2) is 97.6 Å². The monoisotopic (exact) mass is 728 g/mol. The number of rotatable bonds is 11. The number of hydrogen-bond donors (Lipinski definition) is 5. The molecule has 0 unspecified atom stereocenters. The molecule has 2 aromatic carbocycles. The van der Waals surface area contributed by atoms with Crippen LogP contribution in [0.2, 0.25) is 0 Å². The van der Waals surface area contributed by atoms with E-state index >= 15 is 0 Å². The van der Waals surface area contributed by atoms with E-state index in [4.69, 9.17) is 33.2 Å². The number of benzene rings is 2. The first-order valence-electron chi connectivity index (χ1n) is 15.9. The Morgan fingerprint density at radius 2 is 1.43 bits per heavy atom. The summed E-state index contributed by atoms with van der Waals surface area (Å²) < 4.78 is 68.2. The summed E-state index contributed by atoms with van der Waals surface area (Å²) in [5.41, 5.74) is 9.34. The molecule has 1 heterocycles. The van der Waals surface area contributed by atoms with Gasteiger partial charge in [0.2, 0.25) is 15.9 Å². The Morgan fingerprint density at radius 1 is 0.918 bits per heavy atom. The van der Waals surface area contributed by atoms with Crippen molar-refractivity contribution < 1.29 is 46.9 Å². The lowest BCUT2D eigenvalue weighted by Gasteiger charge is -2.36. The third kappa shape index (κ3) is 12.3. The van der Waals surface area contributed by atoms with Crippen LogP contribution in [0.3, 0.4) is 0 Å². The van der Waals surface area contributed by atoms with Gasteiger partial charge in [-0.3, -0.25) is 13.9 Å². The summed E-state index contributed by atoms with van der Waals surface area (Å²) in [6, 6.07) is 9.56. The third-order valence-corrected chi connectivity index (χ3v) is 9.43. The minimum absolute atomic E-state index is 0. The standard InChI is InChI=1S/C32H47N5O6S.H2O4S/c1-8-43-32(39)37-14-12-36(13-15-37)31(38)28(17-23-10-9-11-24(16-23)30(33)34-40)35-44(41,42)29-26(21(4)5)18-25(20(2)3)19-27(29)22(6)7;1-5(2,3)4/h9-11,16,18-22,28,35,40H,8,12-15,17H2,1-7H3,(H2,33,34);(H2,1,2,3,4)/p+1/t28-;/m0./s1. The van der Waals surface area contributed by atoms with Gasteiger partial charge in [0.15, 0.2) is 5.84 Å². The second-order valence-electron chi connectivity index (χ2n) is 12.5. The van der Waals surface area contributed by atoms with Gasteiger partial charge in [0.25, 0.3) is 0 Å². The number of hydrogen-bond acceptors (Lipinski definition) is 9. The SMILES string of the molecule is CCOC(=O)N1CCN(C(=O)[C@H](Cc2cccc(/C(N)=N\O)c2)NS(=O)(=O)c2c(C(C)C)cc(C(C)C)cc2C(C)C)CC1.O=S(=O)(O)O.[H+]. The van der Waals surface area contributed by atoms with Gasteiger partial charge in [-0.15, -0.1) is 0 Å². The highest BCUT2D eigenvalue weighted by Crippen LogP contribution is 2.35. The topological polar surface area (TPSA) is 229 Å². The average molecular weight is 729 g/mol. The van der Waals surface area contributed by atoms with E-state index in [0.29, 0.717) is 22.3 Å². The zero-order valence-electron chi connectivity index (χ0n) is 30.0. The number of oxime groups is 1. The number of ether oxygens (including phenoxy) is 1. The molecule has 2 aromatic rings. The van der Waals surface area contributed by atoms with Crippen LogP contribution in [-0.2, 0) is 36.4 Å². The van der Waals surface area contributed by atoms with E-state index in [9.17, 15) is 18.0 Å². The molecule has 0 saturated carbocycles. The summed E-state index contributed by atoms with van der Waals surface area (Å²) in [6.45, 7) is 15.0. The molecule has 0 aliphatic carbocycles. The van der Waals surface area contributed by atoms with Crippen molar-refractivity contribution in [2.45, 2.75) is 83.6 Å². The van der Waals surface area contributed by atoms with Crippen LogP contribution in [0.25, 0.3) is 0 Å². The maximum absolute atomic E-state index is 14.4. The van der Waals surface area contributed by atoms with Gasteiger partial charge in [-0.2, -0.15) is 13.1 Å². The summed E-state index contributed by atoms with van der Waals surface area (Å²) in [5, 5.41) is 12.2. The Hall–Kier alpha value is -3.77. The molecule has 1 saturated heterocycles. The molecule has 1 aliphatic rings. The highest BCUT2D eigenvalue weighted by Gasteiger charge is 2.35. The molecule has 1 atom stereocenters. The van der Waals surface area contributed by atoms with Crippen molar-refractivity contribution in [1.29, 1.82) is 0 Å². The molecule has 0 aromatic heterocycles. The number of nitrogens with one attached hydrogen (secondary N) is 1. The van der Waals surface area contributed by atoms with Crippen molar-refractivity contribution in [2.75, 3.05) is 32.8 Å². The summed E-state index contributed by atoms with van der Waals surface area (Å²) in [4.78, 5) is 29.6. The van der Waals surface area contributed by atoms with Gasteiger partial charge in [0, 0.05) is 31.7 Å². The van der Waals surface area contributed by atoms with Gasteiger partial charge in [-0.1, -0.05) is 77.0 Å². The first-order chi connectivity index (χ1) is 22.7. The fraction of sp³-hybridized carbons (Fsp3) is 0.531. The molecule has 0 radical (unpaired) electrons. The lowest BCUT2D eigenvalue weighted by atomic mass is 9.89. The van der Waals surface area contributed by atoms with Crippen molar-refractivity contribution in [2.24, 2.45) is 10.9 Å². The Kier molecular flexibility index (Phi) is 15.0. The Bertz CT molecular complexity index is 1670. The molecule has 0 bridgehead atoms. The highest BCUT2D eigenvalue weighted by atomic mass is 32.3. The highest BCUT2D eigenvalue weighted by molar-refractivity contribution is 7.89. The number of carbonyl (C=O) groups is 2. The predicted molar refractivity (Wildman–Crippen MR) is 186 cm³/mol. The number of nitrogens with two attached hydrogens (primary N) is 1. The molecular formula is C32H50N5O10S2+. The average Bonchev–Trinajstić information content (AvgIpc) is 3.02. The summed E-state index contributed by atoms with van der Waals surface area (Å²) in [7, 11) is -8.86. The minimum atomic E-state index is -4.67. The van der Waals surface area contributed by atoms with Crippen molar-refractivity contribution >= 4 is 38.3 Å². The Morgan fingerprint density at radius 3 is 1.88 bits per heavy atom. The number of piperazine rings is 1. The smallest absolute Gasteiger partial charge is 0.450 e. The summed E-state index contributed by atoms with van der Waals surface area (Å²) in [5.74, 6) is -0.457. The maximum Gasteiger partial charge on any atom is 1.00 e. The van der Waals surface area contributed by atoms with Crippen LogP contribution in [0.4, 0.5) is 4.79 Å². The third-order valence-electron chi connectivity index (χ3n) is 7.83. The van der Waals surface area contributed by atoms with E-state index in [2.05, 4.69) is 23.7 Å². The van der Waals surface area contributed by atoms with Gasteiger partial charge in [-0.05, 0) is 59.4 Å². The second-order valence-corrected chi connectivity index (χ2v) is 15.1. The number of amidine groups is 1. The minimum Gasteiger partial charge on any atom is -0.450 e. The largest absolute Gasteiger partial charge is 1.00 e. The van der Waals surface area contributed by atoms with E-state index in [1.807, 2.05) is 39.8 Å². The molecule has 0 spiro atoms. The Labute approximate surface area is 290 Å². The molecule has 3 rings (SSSR count). The molecule has 15 nitrogen and oxygen atoms in total. The van der Waals surface area contributed by atoms with Gasteiger partial charge in [-0.25, -0.2) is 13.2 Å². The molecule has 1 fully saturated rings. The quantitative estimate of drug-likeness (QED) is 0.0735. The molecule has 6 N–H and O–H groups in total. The van der Waals surface area contributed by atoms with Crippen molar-refractivity contribution in [3.8, 4) is 0 Å². The van der Waals surface area contributed by atoms with E-state index < -0.39 is 38.5 Å². The zero-order chi connectivity index (χ0) is 37.3. The normalized spacial score (nSPS) is 14.9. The number of nitrogens with zero attached hydrogens (tertiary/aromatic N) is 3. The van der Waals surface area contributed by atoms with Crippen LogP contribution in [0.1, 0.15) is 95.5 Å². The maximum atomic E-state index is 14.4. The van der Waals surface area contributed by atoms with Crippen LogP contribution in [0, 0.1) is 0 Å². The number of amides is 2. The van der Waals surface area contributed by atoms with Crippen LogP contribution in [0.15, 0.2) is 46.4 Å². The van der Waals surface area contributed by atoms with E-state index in [1.54, 1.807) is 36.1 Å². The fourth-order valence-electron chi connectivity index (χ4n) is 5.32. The molecule has 49 heavy (non-hydrogen) atoms. The van der Waals surface area contributed by atoms with Crippen molar-refractivity contribution in [3.63, 3.8) is 0 Å². The number of carbonyl (C=O) groups excluding carboxylic acids is 2. The van der Waals surface area contributed by atoms with Crippen molar-refractivity contribution in [1.82, 2.24) is 14.5 Å². The van der Waals surface area contributed by atoms with Crippen LogP contribution < -0.4 is 10.5 Å². The lowest BCUT2D eigenvalue weighted by Crippen LogP contribution is -2.56. The number of sulfonamides is 1. The van der Waals surface area contributed by atoms with Gasteiger partial charge < -0.3 is 25.5 Å². The van der Waals surface area contributed by atoms with Crippen molar-refractivity contribution in [3.05, 3.63) is 64.2 Å². The lowest BCUT2D eigenvalue weighted by molar-refractivity contribution is -0.134. The second kappa shape index (κ2) is 17.8. The van der Waals surface area contributed by atoms with Crippen LogP contribution >= 0.6 is 0 Å². The van der Waals surface area contributed by atoms with E-state index in [0.717, 1.165) is 5.56 Å². The molecule has 1 aliphatic heterocycles. The molecule has 2 amide bonds. The van der Waals surface area contributed by atoms with Gasteiger partial charge >= 0.3 is 17.9 Å². The zero-order valence-corrected chi connectivity index (χ0v) is 30.6. The molecular weight excluding hydrogens is 679 g/mol. The van der Waals surface area contributed by atoms with Gasteiger partial charge in [0.05, 0.1) is 11.5 Å². The fourth-order valence-corrected chi connectivity index (χ4v) is 7.21. The first kappa shape index (κ1) is 41.4.